The molecule has 1 aromatic carbocycles. The van der Waals surface area contributed by atoms with Crippen molar-refractivity contribution in [3.05, 3.63) is 54.0 Å². The molecular weight excluding hydrogens is 298 g/mol. The predicted octanol–water partition coefficient (Wildman–Crippen LogP) is 2.03. The molecule has 1 amide bonds. The average Bonchev–Trinajstić information content (AvgIpc) is 3.05. The van der Waals surface area contributed by atoms with Gasteiger partial charge in [0.05, 0.1) is 6.26 Å². The molecule has 0 fully saturated rings. The number of carbonyl (C=O) groups is 2. The monoisotopic (exact) mass is 317 g/mol. The van der Waals surface area contributed by atoms with Crippen LogP contribution in [0.4, 0.5) is 0 Å². The first kappa shape index (κ1) is 16.6. The van der Waals surface area contributed by atoms with Gasteiger partial charge < -0.3 is 19.6 Å². The Balaban J connectivity index is 1.65. The number of aryl methyl sites for hydroxylation is 1. The van der Waals surface area contributed by atoms with E-state index in [0.717, 1.165) is 11.3 Å². The van der Waals surface area contributed by atoms with Gasteiger partial charge in [-0.05, 0) is 36.2 Å². The molecular formula is C17H19NO5. The fourth-order valence-electron chi connectivity index (χ4n) is 2.02. The van der Waals surface area contributed by atoms with Crippen LogP contribution in [-0.2, 0) is 22.4 Å². The van der Waals surface area contributed by atoms with Gasteiger partial charge in [0.1, 0.15) is 11.5 Å². The minimum Gasteiger partial charge on any atom is -0.482 e. The second kappa shape index (κ2) is 8.63. The molecule has 1 heterocycles. The molecule has 2 N–H and O–H groups in total. The molecule has 2 rings (SSSR count). The van der Waals surface area contributed by atoms with Gasteiger partial charge in [-0.3, -0.25) is 4.79 Å². The van der Waals surface area contributed by atoms with Gasteiger partial charge in [-0.1, -0.05) is 12.1 Å². The van der Waals surface area contributed by atoms with Gasteiger partial charge in [0.2, 0.25) is 5.91 Å². The fraction of sp³-hybridized carbons (Fsp3) is 0.294. The Morgan fingerprint density at radius 2 is 1.91 bits per heavy atom. The topological polar surface area (TPSA) is 88.8 Å². The highest BCUT2D eigenvalue weighted by Gasteiger charge is 2.04. The minimum absolute atomic E-state index is 0.0113. The maximum absolute atomic E-state index is 11.7. The Kier molecular flexibility index (Phi) is 6.23. The quantitative estimate of drug-likeness (QED) is 0.739. The van der Waals surface area contributed by atoms with E-state index in [0.29, 0.717) is 31.6 Å². The molecule has 0 bridgehead atoms. The molecule has 0 spiro atoms. The number of hydrogen-bond acceptors (Lipinski definition) is 4. The third kappa shape index (κ3) is 6.25. The van der Waals surface area contributed by atoms with Gasteiger partial charge in [0, 0.05) is 19.4 Å². The zero-order valence-electron chi connectivity index (χ0n) is 12.7. The molecule has 6 heteroatoms. The number of hydrogen-bond donors (Lipinski definition) is 2. The van der Waals surface area contributed by atoms with Gasteiger partial charge in [-0.25, -0.2) is 4.79 Å². The highest BCUT2D eigenvalue weighted by molar-refractivity contribution is 5.76. The molecule has 0 radical (unpaired) electrons. The lowest BCUT2D eigenvalue weighted by molar-refractivity contribution is -0.139. The zero-order valence-corrected chi connectivity index (χ0v) is 12.7. The van der Waals surface area contributed by atoms with Gasteiger partial charge in [-0.2, -0.15) is 0 Å². The Labute approximate surface area is 134 Å². The number of carboxylic acid groups (broad SMARTS) is 1. The second-order valence-electron chi connectivity index (χ2n) is 5.01. The summed E-state index contributed by atoms with van der Waals surface area (Å²) < 4.78 is 10.2. The van der Waals surface area contributed by atoms with Crippen LogP contribution in [0, 0.1) is 0 Å². The van der Waals surface area contributed by atoms with E-state index in [-0.39, 0.29) is 12.5 Å². The van der Waals surface area contributed by atoms with Crippen LogP contribution >= 0.6 is 0 Å². The third-order valence-corrected chi connectivity index (χ3v) is 3.20. The Hall–Kier alpha value is -2.76. The number of ether oxygens (including phenoxy) is 1. The smallest absolute Gasteiger partial charge is 0.341 e. The highest BCUT2D eigenvalue weighted by atomic mass is 16.5. The van der Waals surface area contributed by atoms with Crippen molar-refractivity contribution in [2.75, 3.05) is 13.2 Å². The van der Waals surface area contributed by atoms with E-state index in [2.05, 4.69) is 5.32 Å². The van der Waals surface area contributed by atoms with Crippen molar-refractivity contribution in [1.82, 2.24) is 5.32 Å². The largest absolute Gasteiger partial charge is 0.482 e. The molecule has 0 saturated carbocycles. The van der Waals surface area contributed by atoms with Crippen LogP contribution in [-0.4, -0.2) is 30.1 Å². The lowest BCUT2D eigenvalue weighted by Crippen LogP contribution is -2.25. The third-order valence-electron chi connectivity index (χ3n) is 3.20. The zero-order chi connectivity index (χ0) is 16.5. The number of carbonyl (C=O) groups excluding carboxylic acids is 1. The van der Waals surface area contributed by atoms with Gasteiger partial charge in [-0.15, -0.1) is 0 Å². The molecule has 0 unspecified atom stereocenters. The van der Waals surface area contributed by atoms with Crippen LogP contribution < -0.4 is 10.1 Å². The molecule has 23 heavy (non-hydrogen) atoms. The van der Waals surface area contributed by atoms with E-state index < -0.39 is 5.97 Å². The predicted molar refractivity (Wildman–Crippen MR) is 83.3 cm³/mol. The van der Waals surface area contributed by atoms with Crippen LogP contribution in [0.25, 0.3) is 0 Å². The molecule has 0 aliphatic rings. The summed E-state index contributed by atoms with van der Waals surface area (Å²) in [6.07, 6.45) is 3.28. The summed E-state index contributed by atoms with van der Waals surface area (Å²) in [7, 11) is 0. The van der Waals surface area contributed by atoms with Crippen LogP contribution in [0.3, 0.4) is 0 Å². The lowest BCUT2D eigenvalue weighted by Gasteiger charge is -2.06. The summed E-state index contributed by atoms with van der Waals surface area (Å²) in [4.78, 5) is 22.1. The van der Waals surface area contributed by atoms with Gasteiger partial charge in [0.25, 0.3) is 0 Å². The second-order valence-corrected chi connectivity index (χ2v) is 5.01. The normalized spacial score (nSPS) is 10.3. The fourth-order valence-corrected chi connectivity index (χ4v) is 2.02. The Bertz CT molecular complexity index is 619. The highest BCUT2D eigenvalue weighted by Crippen LogP contribution is 2.12. The van der Waals surface area contributed by atoms with Crippen LogP contribution in [0.1, 0.15) is 17.7 Å². The molecule has 122 valence electrons. The molecule has 0 atom stereocenters. The van der Waals surface area contributed by atoms with E-state index in [1.165, 1.54) is 0 Å². The number of aliphatic carboxylic acids is 1. The molecule has 2 aromatic rings. The SMILES string of the molecule is O=C(O)COc1ccc(CCNC(=O)CCc2ccco2)cc1. The van der Waals surface area contributed by atoms with E-state index in [1.54, 1.807) is 24.5 Å². The maximum atomic E-state index is 11.7. The maximum Gasteiger partial charge on any atom is 0.341 e. The van der Waals surface area contributed by atoms with Gasteiger partial charge >= 0.3 is 5.97 Å². The average molecular weight is 317 g/mol. The van der Waals surface area contributed by atoms with Crippen LogP contribution in [0.5, 0.6) is 5.75 Å². The van der Waals surface area contributed by atoms with E-state index in [4.69, 9.17) is 14.3 Å². The molecule has 1 aromatic heterocycles. The number of nitrogens with one attached hydrogen (secondary N) is 1. The number of carboxylic acids is 1. The van der Waals surface area contributed by atoms with E-state index >= 15 is 0 Å². The number of amides is 1. The first-order chi connectivity index (χ1) is 11.1. The summed E-state index contributed by atoms with van der Waals surface area (Å²) in [5.74, 6) is 0.296. The van der Waals surface area contributed by atoms with Crippen LogP contribution in [0.15, 0.2) is 47.1 Å². The molecule has 0 aliphatic heterocycles. The van der Waals surface area contributed by atoms with Crippen molar-refractivity contribution in [1.29, 1.82) is 0 Å². The first-order valence-corrected chi connectivity index (χ1v) is 7.36. The number of rotatable bonds is 9. The molecule has 0 saturated heterocycles. The summed E-state index contributed by atoms with van der Waals surface area (Å²) in [5, 5.41) is 11.4. The Morgan fingerprint density at radius 3 is 2.57 bits per heavy atom. The van der Waals surface area contributed by atoms with Crippen molar-refractivity contribution in [3.8, 4) is 5.75 Å². The Morgan fingerprint density at radius 1 is 1.13 bits per heavy atom. The minimum atomic E-state index is -1.01. The summed E-state index contributed by atoms with van der Waals surface area (Å²) >= 11 is 0. The summed E-state index contributed by atoms with van der Waals surface area (Å²) in [5.41, 5.74) is 1.04. The first-order valence-electron chi connectivity index (χ1n) is 7.36. The molecule has 0 aliphatic carbocycles. The standard InChI is InChI=1S/C17H19NO5/c19-16(8-7-14-2-1-11-22-14)18-10-9-13-3-5-15(6-4-13)23-12-17(20)21/h1-6,11H,7-10,12H2,(H,18,19)(H,20,21). The van der Waals surface area contributed by atoms with Crippen molar-refractivity contribution in [2.45, 2.75) is 19.3 Å². The van der Waals surface area contributed by atoms with E-state index in [1.807, 2.05) is 18.2 Å². The van der Waals surface area contributed by atoms with Gasteiger partial charge in [0.15, 0.2) is 6.61 Å². The number of furan rings is 1. The van der Waals surface area contributed by atoms with Crippen molar-refractivity contribution in [2.24, 2.45) is 0 Å². The van der Waals surface area contributed by atoms with Crippen molar-refractivity contribution in [3.63, 3.8) is 0 Å². The van der Waals surface area contributed by atoms with Crippen molar-refractivity contribution < 1.29 is 23.8 Å². The van der Waals surface area contributed by atoms with Crippen molar-refractivity contribution >= 4 is 11.9 Å². The summed E-state index contributed by atoms with van der Waals surface area (Å²) in [6, 6.07) is 10.8. The molecule has 6 nitrogen and oxygen atoms in total. The number of benzene rings is 1. The van der Waals surface area contributed by atoms with Crippen LogP contribution in [0.2, 0.25) is 0 Å². The summed E-state index contributed by atoms with van der Waals surface area (Å²) in [6.45, 7) is 0.192. The van der Waals surface area contributed by atoms with E-state index in [9.17, 15) is 9.59 Å². The lowest BCUT2D eigenvalue weighted by atomic mass is 10.1.